The first-order chi connectivity index (χ1) is 21.6. The van der Waals surface area contributed by atoms with Gasteiger partial charge in [-0.3, -0.25) is 0 Å². The van der Waals surface area contributed by atoms with E-state index in [4.69, 9.17) is 24.2 Å². The number of hydrogen-bond donors (Lipinski definition) is 1. The topological polar surface area (TPSA) is 90.7 Å². The maximum atomic E-state index is 12.4. The van der Waals surface area contributed by atoms with Crippen molar-refractivity contribution in [2.45, 2.75) is 98.8 Å². The number of methoxy groups -OCH3 is 2. The molecule has 0 aliphatic carbocycles. The van der Waals surface area contributed by atoms with Gasteiger partial charge in [0.2, 0.25) is 0 Å². The van der Waals surface area contributed by atoms with Gasteiger partial charge in [-0.25, -0.2) is 14.8 Å². The van der Waals surface area contributed by atoms with Gasteiger partial charge in [0, 0.05) is 50.1 Å². The summed E-state index contributed by atoms with van der Waals surface area (Å²) < 4.78 is 18.9. The normalized spacial score (nSPS) is 11.2. The minimum Gasteiger partial charge on any atom is -0.497 e. The third kappa shape index (κ3) is 9.74. The molecule has 1 amide bonds. The number of fused-ring (bicyclic) bond motifs is 3. The zero-order valence-corrected chi connectivity index (χ0v) is 28.8. The largest absolute Gasteiger partial charge is 0.497 e. The predicted molar refractivity (Wildman–Crippen MR) is 185 cm³/mol. The molecule has 2 aromatic carbocycles. The van der Waals surface area contributed by atoms with Crippen LogP contribution in [0.15, 0.2) is 42.5 Å². The maximum absolute atomic E-state index is 12.4. The van der Waals surface area contributed by atoms with Crippen LogP contribution in [0.4, 0.5) is 10.6 Å². The summed E-state index contributed by atoms with van der Waals surface area (Å²) in [7, 11) is 5.11. The van der Waals surface area contributed by atoms with Crippen LogP contribution in [0.25, 0.3) is 21.9 Å². The van der Waals surface area contributed by atoms with Crippen LogP contribution in [0, 0.1) is 0 Å². The van der Waals surface area contributed by atoms with Crippen molar-refractivity contribution in [3.8, 4) is 11.5 Å². The molecule has 0 atom stereocenters. The Kier molecular flexibility index (Phi) is 13.3. The Morgan fingerprint density at radius 2 is 1.71 bits per heavy atom. The summed E-state index contributed by atoms with van der Waals surface area (Å²) >= 11 is 0. The molecule has 9 heteroatoms. The molecule has 246 valence electrons. The Bertz CT molecular complexity index is 1530. The van der Waals surface area contributed by atoms with Gasteiger partial charge in [0.15, 0.2) is 5.82 Å². The number of rotatable bonds is 13. The van der Waals surface area contributed by atoms with Gasteiger partial charge in [-0.2, -0.15) is 0 Å². The van der Waals surface area contributed by atoms with E-state index in [1.165, 1.54) is 6.42 Å². The van der Waals surface area contributed by atoms with E-state index in [-0.39, 0.29) is 6.09 Å². The van der Waals surface area contributed by atoms with Crippen molar-refractivity contribution in [1.29, 1.82) is 0 Å². The number of hydrogen-bond acceptors (Lipinski definition) is 7. The van der Waals surface area contributed by atoms with Crippen LogP contribution in [0.3, 0.4) is 0 Å². The van der Waals surface area contributed by atoms with E-state index in [1.54, 1.807) is 26.2 Å². The summed E-state index contributed by atoms with van der Waals surface area (Å²) in [6, 6.07) is 14.1. The van der Waals surface area contributed by atoms with Gasteiger partial charge in [0.1, 0.15) is 28.4 Å². The number of carbonyl (C=O) groups is 1. The summed E-state index contributed by atoms with van der Waals surface area (Å²) in [6.45, 7) is 14.1. The van der Waals surface area contributed by atoms with Crippen molar-refractivity contribution in [1.82, 2.24) is 19.4 Å². The second-order valence-electron chi connectivity index (χ2n) is 12.3. The molecule has 0 bridgehead atoms. The number of benzene rings is 2. The van der Waals surface area contributed by atoms with E-state index in [2.05, 4.69) is 42.8 Å². The molecule has 0 spiro atoms. The number of nitrogens with zero attached hydrogens (tertiary/aromatic N) is 4. The molecule has 2 aromatic heterocycles. The quantitative estimate of drug-likeness (QED) is 0.150. The van der Waals surface area contributed by atoms with Crippen molar-refractivity contribution in [3.63, 3.8) is 0 Å². The number of ether oxygens (including phenoxy) is 3. The number of aryl methyl sites for hydroxylation is 2. The van der Waals surface area contributed by atoms with Crippen LogP contribution in [-0.2, 0) is 24.2 Å². The van der Waals surface area contributed by atoms with E-state index >= 15 is 0 Å². The fourth-order valence-electron chi connectivity index (χ4n) is 5.00. The molecule has 0 aliphatic rings. The summed E-state index contributed by atoms with van der Waals surface area (Å²) in [5.41, 5.74) is 3.38. The minimum absolute atomic E-state index is 0.291. The Hall–Kier alpha value is -4.01. The SMILES string of the molecule is CCC.CCCCc1nc2c(NCc3ccc(OC)cc3OC)nc3ccccc3c2n1CCCCN(C)C(=O)OC(C)(C)C. The molecule has 0 aliphatic heterocycles. The molecule has 4 rings (SSSR count). The van der Waals surface area contributed by atoms with Crippen molar-refractivity contribution >= 4 is 33.8 Å². The fraction of sp³-hybridized carbons (Fsp3) is 0.528. The van der Waals surface area contributed by atoms with Gasteiger partial charge < -0.3 is 29.0 Å². The highest BCUT2D eigenvalue weighted by Crippen LogP contribution is 2.32. The number of anilines is 1. The molecule has 0 saturated carbocycles. The lowest BCUT2D eigenvalue weighted by molar-refractivity contribution is 0.0296. The third-order valence-electron chi connectivity index (χ3n) is 7.19. The molecule has 0 unspecified atom stereocenters. The van der Waals surface area contributed by atoms with Crippen LogP contribution in [0.5, 0.6) is 11.5 Å². The lowest BCUT2D eigenvalue weighted by atomic mass is 10.1. The molecule has 9 nitrogen and oxygen atoms in total. The first-order valence-electron chi connectivity index (χ1n) is 16.2. The number of pyridine rings is 1. The third-order valence-corrected chi connectivity index (χ3v) is 7.19. The van der Waals surface area contributed by atoms with Gasteiger partial charge in [-0.1, -0.05) is 51.8 Å². The monoisotopic (exact) mass is 619 g/mol. The number of carbonyl (C=O) groups excluding carboxylic acids is 1. The van der Waals surface area contributed by atoms with Gasteiger partial charge in [-0.15, -0.1) is 0 Å². The number of amides is 1. The zero-order chi connectivity index (χ0) is 33.0. The maximum Gasteiger partial charge on any atom is 0.410 e. The molecule has 0 radical (unpaired) electrons. The Labute approximate surface area is 269 Å². The lowest BCUT2D eigenvalue weighted by Gasteiger charge is -2.24. The lowest BCUT2D eigenvalue weighted by Crippen LogP contribution is -2.34. The second-order valence-corrected chi connectivity index (χ2v) is 12.3. The number of unbranched alkanes of at least 4 members (excludes halogenated alkanes) is 2. The first-order valence-corrected chi connectivity index (χ1v) is 16.2. The van der Waals surface area contributed by atoms with E-state index < -0.39 is 5.60 Å². The summed E-state index contributed by atoms with van der Waals surface area (Å²) in [5, 5.41) is 4.64. The summed E-state index contributed by atoms with van der Waals surface area (Å²) in [5.74, 6) is 3.32. The number of imidazole rings is 1. The average Bonchev–Trinajstić information content (AvgIpc) is 3.38. The summed E-state index contributed by atoms with van der Waals surface area (Å²) in [6.07, 6.45) is 5.75. The predicted octanol–water partition coefficient (Wildman–Crippen LogP) is 8.62. The number of nitrogens with one attached hydrogen (secondary N) is 1. The highest BCUT2D eigenvalue weighted by Gasteiger charge is 2.21. The highest BCUT2D eigenvalue weighted by molar-refractivity contribution is 6.07. The Morgan fingerprint density at radius 1 is 0.978 bits per heavy atom. The van der Waals surface area contributed by atoms with E-state index in [1.807, 2.05) is 51.1 Å². The first kappa shape index (κ1) is 35.5. The molecule has 45 heavy (non-hydrogen) atoms. The molecule has 0 saturated heterocycles. The molecule has 0 fully saturated rings. The highest BCUT2D eigenvalue weighted by atomic mass is 16.6. The van der Waals surface area contributed by atoms with Crippen molar-refractivity contribution in [2.75, 3.05) is 33.1 Å². The van der Waals surface area contributed by atoms with Crippen LogP contribution in [0.1, 0.15) is 85.0 Å². The average molecular weight is 620 g/mol. The number of para-hydroxylation sites is 1. The van der Waals surface area contributed by atoms with Gasteiger partial charge in [-0.05, 0) is 58.2 Å². The molecular weight excluding hydrogens is 566 g/mol. The van der Waals surface area contributed by atoms with E-state index in [0.717, 1.165) is 89.3 Å². The smallest absolute Gasteiger partial charge is 0.410 e. The van der Waals surface area contributed by atoms with Crippen LogP contribution in [0.2, 0.25) is 0 Å². The molecule has 2 heterocycles. The Morgan fingerprint density at radius 3 is 2.38 bits per heavy atom. The van der Waals surface area contributed by atoms with Crippen molar-refractivity contribution < 1.29 is 19.0 Å². The fourth-order valence-corrected chi connectivity index (χ4v) is 5.00. The number of aromatic nitrogens is 3. The van der Waals surface area contributed by atoms with Crippen molar-refractivity contribution in [3.05, 3.63) is 53.9 Å². The van der Waals surface area contributed by atoms with E-state index in [9.17, 15) is 4.79 Å². The second kappa shape index (κ2) is 16.9. The van der Waals surface area contributed by atoms with Gasteiger partial charge in [0.05, 0.1) is 25.3 Å². The molecule has 1 N–H and O–H groups in total. The molecule has 4 aromatic rings. The van der Waals surface area contributed by atoms with Crippen LogP contribution >= 0.6 is 0 Å². The van der Waals surface area contributed by atoms with Gasteiger partial charge in [0.25, 0.3) is 0 Å². The van der Waals surface area contributed by atoms with Crippen LogP contribution in [-0.4, -0.2) is 58.9 Å². The minimum atomic E-state index is -0.505. The van der Waals surface area contributed by atoms with Crippen molar-refractivity contribution in [2.24, 2.45) is 0 Å². The van der Waals surface area contributed by atoms with E-state index in [0.29, 0.717) is 13.1 Å². The van der Waals surface area contributed by atoms with Gasteiger partial charge >= 0.3 is 6.09 Å². The van der Waals surface area contributed by atoms with Crippen LogP contribution < -0.4 is 14.8 Å². The standard InChI is InChI=1S/C33H45N5O4.C3H8/c1-8-9-16-28-36-29-30(38(28)20-13-12-19-37(5)32(39)42-33(2,3)4)25-14-10-11-15-26(25)35-31(29)34-22-23-17-18-24(40-6)21-27(23)41-7;1-3-2/h10-11,14-15,17-18,21H,8-9,12-13,16,19-20,22H2,1-7H3,(H,34,35);3H2,1-2H3. The molecular formula is C36H53N5O4. The zero-order valence-electron chi connectivity index (χ0n) is 28.8. The Balaban J connectivity index is 0.00000177. The summed E-state index contributed by atoms with van der Waals surface area (Å²) in [4.78, 5) is 24.2.